The van der Waals surface area contributed by atoms with Crippen LogP contribution in [0.4, 0.5) is 14.4 Å². The summed E-state index contributed by atoms with van der Waals surface area (Å²) in [6, 6.07) is 52.2. The molecule has 0 radical (unpaired) electrons. The first-order chi connectivity index (χ1) is 55.8. The van der Waals surface area contributed by atoms with E-state index in [0.29, 0.717) is 39.1 Å². The summed E-state index contributed by atoms with van der Waals surface area (Å²) in [5.41, 5.74) is 7.53. The van der Waals surface area contributed by atoms with Crippen LogP contribution in [-0.4, -0.2) is 140 Å². The van der Waals surface area contributed by atoms with E-state index in [-0.39, 0.29) is 115 Å². The van der Waals surface area contributed by atoms with Crippen molar-refractivity contribution in [2.24, 2.45) is 5.92 Å². The number of aromatic nitrogens is 2. The molecule has 7 aromatic carbocycles. The van der Waals surface area contributed by atoms with Gasteiger partial charge in [-0.05, 0) is 159 Å². The standard InChI is InChI=1S/C90H102ClN9O15Si/c1-90(2,3)115-89(110)100-79(54-65-56-95-74-36-20-18-30-67(65)74)85(106)97-75(37-21-23-45-93-87(108)113-58-72-70-33-16-14-31-68(70)69-32-15-17-34-71(69)72)82(103)96-76(38-22-24-46-94-88(109)114-86(107)62-43-47-92-48-44-62)83(104)99-78(53-60-27-11-8-12-28-60)84(105)98-77(52-59-25-9-7-10-26-59)81(102)64(55-80(101)111-49-50-116(4,5)6)51-61-39-41-66(42-40-61)112-57-63-29-13-19-35-73(63)91/h7-20,25-36,39-44,47-48,56,64,72,75-79,95H,21-24,37-38,45-46,49-55,57-58H2,1-6H3,(H,93,108)(H,94,109)(H,96,103)(H,97,106)(H,98,105)(H,99,104)(H,100,110)/t64-,75-,76-,77-,78-,79+/m0/s1. The first-order valence-electron chi connectivity index (χ1n) is 39.3. The van der Waals surface area contributed by atoms with Crippen LogP contribution in [0.25, 0.3) is 22.0 Å². The number of esters is 2. The highest BCUT2D eigenvalue weighted by molar-refractivity contribution is 6.76. The third-order valence-corrected chi connectivity index (χ3v) is 21.8. The number of nitrogens with one attached hydrogen (secondary N) is 8. The summed E-state index contributed by atoms with van der Waals surface area (Å²) in [4.78, 5) is 151. The monoisotopic (exact) mass is 1610 g/mol. The lowest BCUT2D eigenvalue weighted by Gasteiger charge is -2.28. The van der Waals surface area contributed by atoms with E-state index >= 15 is 24.0 Å². The maximum absolute atomic E-state index is 15.7. The molecular formula is C90H102ClN9O15Si. The largest absolute Gasteiger partial charge is 0.489 e. The number of halogens is 1. The molecule has 8 N–H and O–H groups in total. The Labute approximate surface area is 682 Å². The smallest absolute Gasteiger partial charge is 0.415 e. The second-order valence-electron chi connectivity index (χ2n) is 31.0. The number of unbranched alkanes of at least 4 members (excludes halogenated alkanes) is 2. The van der Waals surface area contributed by atoms with Gasteiger partial charge in [0, 0.05) is 85.9 Å². The molecule has 1 aliphatic rings. The molecule has 608 valence electrons. The van der Waals surface area contributed by atoms with E-state index in [2.05, 4.69) is 66.8 Å². The summed E-state index contributed by atoms with van der Waals surface area (Å²) < 4.78 is 28.4. The second-order valence-corrected chi connectivity index (χ2v) is 37.1. The molecule has 0 fully saturated rings. The van der Waals surface area contributed by atoms with Crippen LogP contribution in [0.15, 0.2) is 213 Å². The number of fused-ring (bicyclic) bond motifs is 4. The lowest BCUT2D eigenvalue weighted by atomic mass is 9.86. The molecule has 24 nitrogen and oxygen atoms in total. The highest BCUT2D eigenvalue weighted by atomic mass is 35.5. The molecular weight excluding hydrogens is 1510 g/mol. The number of ether oxygens (including phenoxy) is 5. The quantitative estimate of drug-likeness (QED) is 0.00582. The zero-order chi connectivity index (χ0) is 82.6. The maximum atomic E-state index is 15.7. The Kier molecular flexibility index (Phi) is 31.6. The third-order valence-electron chi connectivity index (χ3n) is 19.7. The molecule has 0 aliphatic heterocycles. The van der Waals surface area contributed by atoms with Crippen molar-refractivity contribution in [3.63, 3.8) is 0 Å². The van der Waals surface area contributed by atoms with E-state index in [1.165, 1.54) is 24.5 Å². The molecule has 0 bridgehead atoms. The molecule has 0 saturated heterocycles. The second kappa shape index (κ2) is 42.4. The maximum Gasteiger partial charge on any atom is 0.415 e. The van der Waals surface area contributed by atoms with Gasteiger partial charge in [0.25, 0.3) is 0 Å². The number of benzene rings is 7. The van der Waals surface area contributed by atoms with E-state index in [4.69, 9.17) is 35.3 Å². The summed E-state index contributed by atoms with van der Waals surface area (Å²) >= 11 is 6.44. The van der Waals surface area contributed by atoms with Crippen LogP contribution in [0.5, 0.6) is 5.75 Å². The topological polar surface area (TPSA) is 330 Å². The Morgan fingerprint density at radius 1 is 0.509 bits per heavy atom. The van der Waals surface area contributed by atoms with Crippen molar-refractivity contribution in [1.82, 2.24) is 47.2 Å². The molecule has 9 aromatic rings. The van der Waals surface area contributed by atoms with E-state index < -0.39 is 109 Å². The van der Waals surface area contributed by atoms with Gasteiger partial charge in [0.2, 0.25) is 23.6 Å². The van der Waals surface area contributed by atoms with Gasteiger partial charge in [0.15, 0.2) is 5.78 Å². The van der Waals surface area contributed by atoms with Gasteiger partial charge in [0.1, 0.15) is 48.7 Å². The fraction of sp³-hybridized carbons (Fsp3) is 0.344. The van der Waals surface area contributed by atoms with Gasteiger partial charge < -0.3 is 65.9 Å². The average Bonchev–Trinajstić information content (AvgIpc) is 1.61. The van der Waals surface area contributed by atoms with E-state index in [1.807, 2.05) is 109 Å². The van der Waals surface area contributed by atoms with E-state index in [0.717, 1.165) is 38.7 Å². The van der Waals surface area contributed by atoms with Gasteiger partial charge >= 0.3 is 30.2 Å². The van der Waals surface area contributed by atoms with Crippen LogP contribution >= 0.6 is 11.6 Å². The molecule has 1 aliphatic carbocycles. The molecule has 2 heterocycles. The number of hydrogen-bond acceptors (Lipinski definition) is 16. The van der Waals surface area contributed by atoms with Gasteiger partial charge in [-0.15, -0.1) is 0 Å². The van der Waals surface area contributed by atoms with Crippen LogP contribution in [-0.2, 0) is 80.0 Å². The molecule has 0 saturated carbocycles. The lowest BCUT2D eigenvalue weighted by molar-refractivity contribution is -0.146. The first-order valence-corrected chi connectivity index (χ1v) is 43.4. The van der Waals surface area contributed by atoms with Gasteiger partial charge in [0.05, 0.1) is 24.6 Å². The summed E-state index contributed by atoms with van der Waals surface area (Å²) in [7, 11) is -1.66. The van der Waals surface area contributed by atoms with Crippen molar-refractivity contribution >= 4 is 90.2 Å². The molecule has 116 heavy (non-hydrogen) atoms. The van der Waals surface area contributed by atoms with Crippen LogP contribution < -0.4 is 42.0 Å². The Bertz CT molecular complexity index is 4780. The van der Waals surface area contributed by atoms with Crippen LogP contribution in [0.3, 0.4) is 0 Å². The SMILES string of the molecule is CC(C)(C)OC(=O)N[C@H](Cc1c[nH]c2ccccc12)C(=O)N[C@@H](CCCCNC(=O)OCC1c2ccccc2-c2ccccc21)C(=O)N[C@@H](CCCCNC(=O)OC(=O)c1ccncc1)C(=O)N[C@@H](Cc1ccccc1)C(=O)N[C@@H](Cc1ccccc1)C(=O)[C@H](CC(=O)OCC[Si](C)(C)C)Cc1ccc(OCc2ccccc2Cl)cc1. The Hall–Kier alpha value is -12.0. The minimum absolute atomic E-state index is 0.0277. The number of Topliss-reactive ketones (excluding diaryl/α,β-unsaturated/α-hetero) is 1. The molecule has 0 unspecified atom stereocenters. The van der Waals surface area contributed by atoms with Gasteiger partial charge in [-0.2, -0.15) is 0 Å². The van der Waals surface area contributed by atoms with Gasteiger partial charge in [-0.3, -0.25) is 33.8 Å². The highest BCUT2D eigenvalue weighted by Crippen LogP contribution is 2.44. The zero-order valence-electron chi connectivity index (χ0n) is 66.2. The van der Waals surface area contributed by atoms with Crippen molar-refractivity contribution in [3.8, 4) is 16.9 Å². The molecule has 7 amide bonds. The Morgan fingerprint density at radius 2 is 1.03 bits per heavy atom. The van der Waals surface area contributed by atoms with Crippen molar-refractivity contribution in [1.29, 1.82) is 0 Å². The number of ketones is 1. The molecule has 2 aromatic heterocycles. The highest BCUT2D eigenvalue weighted by Gasteiger charge is 2.37. The predicted octanol–water partition coefficient (Wildman–Crippen LogP) is 13.8. The van der Waals surface area contributed by atoms with Crippen molar-refractivity contribution < 1.29 is 71.6 Å². The van der Waals surface area contributed by atoms with Crippen molar-refractivity contribution in [2.45, 2.75) is 165 Å². The third kappa shape index (κ3) is 26.8. The van der Waals surface area contributed by atoms with Crippen LogP contribution in [0.2, 0.25) is 30.7 Å². The Balaban J connectivity index is 0.921. The number of para-hydroxylation sites is 1. The minimum atomic E-state index is -1.66. The van der Waals surface area contributed by atoms with Gasteiger partial charge in [-0.25, -0.2) is 19.2 Å². The number of alkyl carbamates (subject to hydrolysis) is 3. The Morgan fingerprint density at radius 3 is 1.63 bits per heavy atom. The number of carbonyl (C=O) groups excluding carboxylic acids is 10. The number of nitrogens with zero attached hydrogens (tertiary/aromatic N) is 1. The van der Waals surface area contributed by atoms with Crippen molar-refractivity contribution in [3.05, 3.63) is 262 Å². The van der Waals surface area contributed by atoms with E-state index in [9.17, 15) is 24.0 Å². The van der Waals surface area contributed by atoms with Crippen LogP contribution in [0.1, 0.15) is 121 Å². The fourth-order valence-electron chi connectivity index (χ4n) is 13.7. The summed E-state index contributed by atoms with van der Waals surface area (Å²) in [5, 5.41) is 21.1. The number of aromatic amines is 1. The lowest BCUT2D eigenvalue weighted by Crippen LogP contribution is -2.59. The summed E-state index contributed by atoms with van der Waals surface area (Å²) in [6.07, 6.45) is 1.90. The number of pyridine rings is 1. The average molecular weight is 1610 g/mol. The van der Waals surface area contributed by atoms with E-state index in [1.54, 1.807) is 99.8 Å². The zero-order valence-corrected chi connectivity index (χ0v) is 68.0. The number of carbonyl (C=O) groups is 10. The normalized spacial score (nSPS) is 13.3. The molecule has 26 heteroatoms. The van der Waals surface area contributed by atoms with Crippen molar-refractivity contribution in [2.75, 3.05) is 26.3 Å². The molecule has 6 atom stereocenters. The number of hydrogen-bond donors (Lipinski definition) is 8. The number of amides is 7. The van der Waals surface area contributed by atoms with Gasteiger partial charge in [-0.1, -0.05) is 189 Å². The number of H-pyrrole nitrogens is 1. The fourth-order valence-corrected chi connectivity index (χ4v) is 14.6. The number of rotatable bonds is 40. The van der Waals surface area contributed by atoms with Crippen LogP contribution in [0, 0.1) is 5.92 Å². The molecule has 10 rings (SSSR count). The minimum Gasteiger partial charge on any atom is -0.489 e. The summed E-state index contributed by atoms with van der Waals surface area (Å²) in [6.45, 7) is 12.0. The first kappa shape index (κ1) is 86.4. The molecule has 0 spiro atoms. The summed E-state index contributed by atoms with van der Waals surface area (Å²) in [5.74, 6) is -5.94. The predicted molar refractivity (Wildman–Crippen MR) is 445 cm³/mol.